The summed E-state index contributed by atoms with van der Waals surface area (Å²) in [6.45, 7) is 5.74. The molecule has 0 fully saturated rings. The fourth-order valence-electron chi connectivity index (χ4n) is 4.48. The topological polar surface area (TPSA) is 68.3 Å². The van der Waals surface area contributed by atoms with Crippen molar-refractivity contribution in [2.75, 3.05) is 0 Å². The molecule has 0 saturated carbocycles. The number of dihydropyridines is 1. The molecule has 4 rings (SSSR count). The van der Waals surface area contributed by atoms with E-state index in [4.69, 9.17) is 4.74 Å². The first-order valence-electron chi connectivity index (χ1n) is 10.9. The Morgan fingerprint density at radius 2 is 1.90 bits per heavy atom. The number of aromatic nitrogens is 1. The number of ether oxygens (including phenoxy) is 1. The lowest BCUT2D eigenvalue weighted by Gasteiger charge is -2.36. The third-order valence-electron chi connectivity index (χ3n) is 6.22. The highest BCUT2D eigenvalue weighted by Gasteiger charge is 2.41. The van der Waals surface area contributed by atoms with Gasteiger partial charge in [0.05, 0.1) is 11.7 Å². The molecule has 0 spiro atoms. The van der Waals surface area contributed by atoms with Gasteiger partial charge in [-0.1, -0.05) is 43.3 Å². The van der Waals surface area contributed by atoms with Crippen molar-refractivity contribution >= 4 is 11.8 Å². The predicted octanol–water partition coefficient (Wildman–Crippen LogP) is 4.78. The standard InChI is InChI=1S/C26H28N2O3/c1-4-16(2)31-26(30)23-17(3)28-21-13-20(18-9-6-5-7-10-18)14-22(29)25(21)24(23)19-11-8-12-27-15-19/h5-12,15-16,20,24,28H,4,13-14H2,1-3H3/t16-,20+,24+/m1/s1. The predicted molar refractivity (Wildman–Crippen MR) is 119 cm³/mol. The Morgan fingerprint density at radius 1 is 1.16 bits per heavy atom. The molecule has 0 saturated heterocycles. The molecule has 5 heteroatoms. The van der Waals surface area contributed by atoms with Crippen molar-refractivity contribution < 1.29 is 14.3 Å². The molecular weight excluding hydrogens is 388 g/mol. The van der Waals surface area contributed by atoms with Crippen LogP contribution in [0.25, 0.3) is 0 Å². The molecule has 1 aliphatic heterocycles. The molecule has 5 nitrogen and oxygen atoms in total. The van der Waals surface area contributed by atoms with E-state index in [9.17, 15) is 9.59 Å². The zero-order valence-corrected chi connectivity index (χ0v) is 18.2. The van der Waals surface area contributed by atoms with Crippen LogP contribution in [0.1, 0.15) is 63.0 Å². The number of carbonyl (C=O) groups excluding carboxylic acids is 2. The maximum absolute atomic E-state index is 13.5. The lowest BCUT2D eigenvalue weighted by Crippen LogP contribution is -2.36. The molecule has 0 bridgehead atoms. The van der Waals surface area contributed by atoms with Crippen molar-refractivity contribution in [2.24, 2.45) is 0 Å². The van der Waals surface area contributed by atoms with E-state index in [-0.39, 0.29) is 23.8 Å². The number of benzene rings is 1. The Kier molecular flexibility index (Phi) is 6.03. The van der Waals surface area contributed by atoms with E-state index >= 15 is 0 Å². The molecule has 160 valence electrons. The zero-order chi connectivity index (χ0) is 22.0. The summed E-state index contributed by atoms with van der Waals surface area (Å²) in [7, 11) is 0. The first-order valence-corrected chi connectivity index (χ1v) is 10.9. The number of nitrogens with one attached hydrogen (secondary N) is 1. The first-order chi connectivity index (χ1) is 15.0. The van der Waals surface area contributed by atoms with Gasteiger partial charge in [0, 0.05) is 41.7 Å². The summed E-state index contributed by atoms with van der Waals surface area (Å²) >= 11 is 0. The van der Waals surface area contributed by atoms with Crippen LogP contribution in [0.2, 0.25) is 0 Å². The number of carbonyl (C=O) groups is 2. The summed E-state index contributed by atoms with van der Waals surface area (Å²) in [5, 5.41) is 3.39. The zero-order valence-electron chi connectivity index (χ0n) is 18.2. The number of allylic oxidation sites excluding steroid dienone is 3. The van der Waals surface area contributed by atoms with E-state index in [1.165, 1.54) is 0 Å². The summed E-state index contributed by atoms with van der Waals surface area (Å²) < 4.78 is 5.68. The summed E-state index contributed by atoms with van der Waals surface area (Å²) in [4.78, 5) is 30.9. The number of pyridine rings is 1. The highest BCUT2D eigenvalue weighted by Crippen LogP contribution is 2.45. The minimum atomic E-state index is -0.467. The molecule has 1 aromatic heterocycles. The van der Waals surface area contributed by atoms with E-state index in [2.05, 4.69) is 22.4 Å². The second kappa shape index (κ2) is 8.88. The van der Waals surface area contributed by atoms with Crippen LogP contribution >= 0.6 is 0 Å². The summed E-state index contributed by atoms with van der Waals surface area (Å²) in [5.41, 5.74) is 4.80. The average Bonchev–Trinajstić information content (AvgIpc) is 2.79. The Balaban J connectivity index is 1.76. The van der Waals surface area contributed by atoms with Gasteiger partial charge in [-0.05, 0) is 49.8 Å². The van der Waals surface area contributed by atoms with Crippen molar-refractivity contribution in [3.05, 3.63) is 88.5 Å². The van der Waals surface area contributed by atoms with Gasteiger partial charge in [-0.3, -0.25) is 9.78 Å². The number of esters is 1. The monoisotopic (exact) mass is 416 g/mol. The third-order valence-corrected chi connectivity index (χ3v) is 6.22. The van der Waals surface area contributed by atoms with Crippen LogP contribution in [0.15, 0.2) is 77.4 Å². The van der Waals surface area contributed by atoms with Gasteiger partial charge in [-0.15, -0.1) is 0 Å². The number of nitrogens with zero attached hydrogens (tertiary/aromatic N) is 1. The van der Waals surface area contributed by atoms with Gasteiger partial charge < -0.3 is 10.1 Å². The molecule has 0 unspecified atom stereocenters. The highest BCUT2D eigenvalue weighted by molar-refractivity contribution is 6.04. The summed E-state index contributed by atoms with van der Waals surface area (Å²) in [6.07, 6.45) is 5.13. The van der Waals surface area contributed by atoms with Gasteiger partial charge >= 0.3 is 5.97 Å². The van der Waals surface area contributed by atoms with Gasteiger partial charge in [-0.25, -0.2) is 4.79 Å². The molecule has 2 aromatic rings. The van der Waals surface area contributed by atoms with Crippen LogP contribution in [0.3, 0.4) is 0 Å². The fraction of sp³-hybridized carbons (Fsp3) is 0.346. The second-order valence-electron chi connectivity index (χ2n) is 8.34. The van der Waals surface area contributed by atoms with Crippen LogP contribution in [-0.2, 0) is 14.3 Å². The molecular formula is C26H28N2O3. The number of hydrogen-bond donors (Lipinski definition) is 1. The molecule has 2 heterocycles. The van der Waals surface area contributed by atoms with Crippen molar-refractivity contribution in [1.82, 2.24) is 10.3 Å². The fourth-order valence-corrected chi connectivity index (χ4v) is 4.48. The SMILES string of the molecule is CC[C@@H](C)OC(=O)C1=C(C)NC2=C(C(=O)C[C@@H](c3ccccc3)C2)[C@H]1c1cccnc1. The Bertz CT molecular complexity index is 1040. The molecule has 3 atom stereocenters. The average molecular weight is 417 g/mol. The van der Waals surface area contributed by atoms with Crippen molar-refractivity contribution in [3.63, 3.8) is 0 Å². The molecule has 1 aromatic carbocycles. The van der Waals surface area contributed by atoms with Crippen LogP contribution in [0.5, 0.6) is 0 Å². The largest absolute Gasteiger partial charge is 0.459 e. The van der Waals surface area contributed by atoms with Crippen LogP contribution in [0, 0.1) is 0 Å². The normalized spacial score (nSPS) is 22.0. The van der Waals surface area contributed by atoms with Crippen molar-refractivity contribution in [2.45, 2.75) is 58.0 Å². The molecule has 2 aliphatic rings. The van der Waals surface area contributed by atoms with Gasteiger partial charge in [0.1, 0.15) is 0 Å². The summed E-state index contributed by atoms with van der Waals surface area (Å²) in [6, 6.07) is 13.9. The number of hydrogen-bond acceptors (Lipinski definition) is 5. The quantitative estimate of drug-likeness (QED) is 0.710. The Morgan fingerprint density at radius 3 is 2.58 bits per heavy atom. The second-order valence-corrected chi connectivity index (χ2v) is 8.34. The minimum Gasteiger partial charge on any atom is -0.459 e. The summed E-state index contributed by atoms with van der Waals surface area (Å²) in [5.74, 6) is -0.655. The van der Waals surface area contributed by atoms with Crippen LogP contribution < -0.4 is 5.32 Å². The molecule has 1 aliphatic carbocycles. The molecule has 31 heavy (non-hydrogen) atoms. The minimum absolute atomic E-state index is 0.0674. The molecule has 1 N–H and O–H groups in total. The first kappa shape index (κ1) is 21.0. The van der Waals surface area contributed by atoms with Gasteiger partial charge in [0.15, 0.2) is 5.78 Å². The lowest BCUT2D eigenvalue weighted by atomic mass is 9.72. The number of ketones is 1. The van der Waals surface area contributed by atoms with Gasteiger partial charge in [0.2, 0.25) is 0 Å². The van der Waals surface area contributed by atoms with Crippen molar-refractivity contribution in [1.29, 1.82) is 0 Å². The molecule has 0 radical (unpaired) electrons. The maximum atomic E-state index is 13.5. The van der Waals surface area contributed by atoms with E-state index < -0.39 is 5.92 Å². The smallest absolute Gasteiger partial charge is 0.337 e. The van der Waals surface area contributed by atoms with Crippen LogP contribution in [0.4, 0.5) is 0 Å². The Hall–Kier alpha value is -3.21. The maximum Gasteiger partial charge on any atom is 0.337 e. The van der Waals surface area contributed by atoms with Crippen LogP contribution in [-0.4, -0.2) is 22.8 Å². The lowest BCUT2D eigenvalue weighted by molar-refractivity contribution is -0.144. The van der Waals surface area contributed by atoms with E-state index in [1.54, 1.807) is 12.4 Å². The number of rotatable bonds is 5. The molecule has 0 amide bonds. The third kappa shape index (κ3) is 4.18. The van der Waals surface area contributed by atoms with Gasteiger partial charge in [0.25, 0.3) is 0 Å². The Labute approximate surface area is 183 Å². The highest BCUT2D eigenvalue weighted by atomic mass is 16.5. The van der Waals surface area contributed by atoms with Crippen molar-refractivity contribution in [3.8, 4) is 0 Å². The van der Waals surface area contributed by atoms with E-state index in [0.29, 0.717) is 17.6 Å². The van der Waals surface area contributed by atoms with E-state index in [1.807, 2.05) is 51.1 Å². The van der Waals surface area contributed by atoms with Gasteiger partial charge in [-0.2, -0.15) is 0 Å². The van der Waals surface area contributed by atoms with E-state index in [0.717, 1.165) is 35.4 Å². The number of Topliss-reactive ketones (excluding diaryl/α,β-unsaturated/α-hetero) is 1.